The summed E-state index contributed by atoms with van der Waals surface area (Å²) in [4.78, 5) is 0. The summed E-state index contributed by atoms with van der Waals surface area (Å²) < 4.78 is 2.81. The molecule has 2 aromatic rings. The van der Waals surface area contributed by atoms with Gasteiger partial charge in [0.1, 0.15) is 0 Å². The first-order valence-corrected chi connectivity index (χ1v) is 8.74. The van der Waals surface area contributed by atoms with E-state index in [-0.39, 0.29) is 0 Å². The van der Waals surface area contributed by atoms with Gasteiger partial charge in [0.15, 0.2) is 0 Å². The van der Waals surface area contributed by atoms with Crippen molar-refractivity contribution in [3.63, 3.8) is 0 Å². The molecule has 1 aromatic carbocycles. The predicted octanol–water partition coefficient (Wildman–Crippen LogP) is 5.10. The van der Waals surface area contributed by atoms with Crippen LogP contribution in [0, 0.1) is 6.92 Å². The van der Waals surface area contributed by atoms with Crippen LogP contribution in [0.5, 0.6) is 0 Å². The Bertz CT molecular complexity index is 636. The average Bonchev–Trinajstić information content (AvgIpc) is 2.71. The van der Waals surface area contributed by atoms with Crippen molar-refractivity contribution in [2.75, 3.05) is 11.8 Å². The Morgan fingerprint density at radius 2 is 1.86 bits per heavy atom. The molecule has 0 bridgehead atoms. The number of halogens is 4. The monoisotopic (exact) mass is 408 g/mol. The summed E-state index contributed by atoms with van der Waals surface area (Å²) >= 11 is 22.6. The Morgan fingerprint density at radius 3 is 2.33 bits per heavy atom. The number of alkyl halides is 2. The number of hydrogen-bond acceptors (Lipinski definition) is 1. The molecule has 0 fully saturated rings. The third-order valence-corrected chi connectivity index (χ3v) is 5.93. The number of benzene rings is 1. The Morgan fingerprint density at radius 1 is 1.24 bits per heavy atom. The molecule has 1 aromatic heterocycles. The van der Waals surface area contributed by atoms with Crippen LogP contribution in [-0.4, -0.2) is 21.5 Å². The minimum Gasteiger partial charge on any atom is -0.271 e. The fourth-order valence-corrected chi connectivity index (χ4v) is 4.15. The number of rotatable bonds is 5. The molecular weight excluding hydrogens is 394 g/mol. The number of aryl methyl sites for hydroxylation is 2. The molecule has 0 aliphatic rings. The van der Waals surface area contributed by atoms with Crippen molar-refractivity contribution in [1.29, 1.82) is 0 Å². The highest BCUT2D eigenvalue weighted by Gasteiger charge is 2.34. The Balaban J connectivity index is 2.51. The lowest BCUT2D eigenvalue weighted by Crippen LogP contribution is -2.34. The van der Waals surface area contributed by atoms with E-state index in [2.05, 4.69) is 21.0 Å². The summed E-state index contributed by atoms with van der Waals surface area (Å²) in [5.74, 6) is 0.805. The quantitative estimate of drug-likeness (QED) is 0.627. The molecule has 0 N–H and O–H groups in total. The van der Waals surface area contributed by atoms with Crippen LogP contribution >= 0.6 is 50.7 Å². The molecule has 0 amide bonds. The molecule has 0 aliphatic carbocycles. The highest BCUT2D eigenvalue weighted by molar-refractivity contribution is 9.10. The molecule has 0 unspecified atom stereocenters. The third-order valence-electron chi connectivity index (χ3n) is 3.72. The number of hydrogen-bond donors (Lipinski definition) is 0. The molecule has 6 heteroatoms. The van der Waals surface area contributed by atoms with Crippen LogP contribution < -0.4 is 0 Å². The van der Waals surface area contributed by atoms with Crippen molar-refractivity contribution < 1.29 is 0 Å². The van der Waals surface area contributed by atoms with E-state index < -0.39 is 5.41 Å². The van der Waals surface area contributed by atoms with Gasteiger partial charge in [-0.3, -0.25) is 4.68 Å². The van der Waals surface area contributed by atoms with Gasteiger partial charge < -0.3 is 0 Å². The minimum absolute atomic E-state index is 0.396. The van der Waals surface area contributed by atoms with Crippen LogP contribution in [0.3, 0.4) is 0 Å². The predicted molar refractivity (Wildman–Crippen MR) is 93.9 cm³/mol. The molecule has 114 valence electrons. The second-order valence-electron chi connectivity index (χ2n) is 5.17. The van der Waals surface area contributed by atoms with Gasteiger partial charge in [0.05, 0.1) is 16.4 Å². The van der Waals surface area contributed by atoms with Crippen molar-refractivity contribution in [3.8, 4) is 0 Å². The van der Waals surface area contributed by atoms with Gasteiger partial charge in [0.25, 0.3) is 0 Å². The topological polar surface area (TPSA) is 17.8 Å². The van der Waals surface area contributed by atoms with Gasteiger partial charge in [0, 0.05) is 35.1 Å². The molecule has 0 spiro atoms. The first-order chi connectivity index (χ1) is 9.95. The average molecular weight is 411 g/mol. The molecule has 0 radical (unpaired) electrons. The summed E-state index contributed by atoms with van der Waals surface area (Å²) in [7, 11) is 1.89. The van der Waals surface area contributed by atoms with Gasteiger partial charge in [-0.15, -0.1) is 23.2 Å². The minimum atomic E-state index is -0.396. The summed E-state index contributed by atoms with van der Waals surface area (Å²) in [6.07, 6.45) is 0.638. The molecule has 0 saturated heterocycles. The van der Waals surface area contributed by atoms with Crippen LogP contribution in [0.4, 0.5) is 0 Å². The van der Waals surface area contributed by atoms with E-state index in [1.807, 2.05) is 42.9 Å². The van der Waals surface area contributed by atoms with Crippen LogP contribution in [0.1, 0.15) is 17.0 Å². The SMILES string of the molecule is Cc1nn(C)c(CC(CCl)(CCl)c2ccccc2Br)c1Cl. The van der Waals surface area contributed by atoms with Gasteiger partial charge in [0.2, 0.25) is 0 Å². The maximum atomic E-state index is 6.38. The second-order valence-corrected chi connectivity index (χ2v) is 6.94. The Hall–Kier alpha value is -0.220. The van der Waals surface area contributed by atoms with Gasteiger partial charge in [-0.2, -0.15) is 5.10 Å². The second kappa shape index (κ2) is 6.91. The lowest BCUT2D eigenvalue weighted by Gasteiger charge is -2.31. The number of aromatic nitrogens is 2. The van der Waals surface area contributed by atoms with E-state index in [0.717, 1.165) is 21.4 Å². The molecule has 0 saturated carbocycles. The van der Waals surface area contributed by atoms with Crippen LogP contribution in [0.25, 0.3) is 0 Å². The molecule has 2 rings (SSSR count). The molecule has 0 aliphatic heterocycles. The Kier molecular flexibility index (Phi) is 5.64. The van der Waals surface area contributed by atoms with E-state index >= 15 is 0 Å². The first-order valence-electron chi connectivity index (χ1n) is 6.50. The van der Waals surface area contributed by atoms with Gasteiger partial charge in [-0.1, -0.05) is 45.7 Å². The molecule has 0 atom stereocenters. The highest BCUT2D eigenvalue weighted by Crippen LogP contribution is 2.37. The lowest BCUT2D eigenvalue weighted by atomic mass is 9.80. The van der Waals surface area contributed by atoms with Crippen molar-refractivity contribution >= 4 is 50.7 Å². The summed E-state index contributed by atoms with van der Waals surface area (Å²) in [6.45, 7) is 1.90. The van der Waals surface area contributed by atoms with Gasteiger partial charge in [-0.25, -0.2) is 0 Å². The van der Waals surface area contributed by atoms with Crippen molar-refractivity contribution in [1.82, 2.24) is 9.78 Å². The summed E-state index contributed by atoms with van der Waals surface area (Å²) in [5.41, 5.74) is 2.46. The standard InChI is InChI=1S/C15H16BrCl3N2/c1-10-14(19)13(21(2)20-10)7-15(8-17,9-18)11-5-3-4-6-12(11)16/h3-6H,7-9H2,1-2H3. The fourth-order valence-electron chi connectivity index (χ4n) is 2.45. The van der Waals surface area contributed by atoms with E-state index in [9.17, 15) is 0 Å². The molecule has 21 heavy (non-hydrogen) atoms. The number of nitrogens with zero attached hydrogens (tertiary/aromatic N) is 2. The zero-order chi connectivity index (χ0) is 15.6. The maximum Gasteiger partial charge on any atom is 0.0847 e. The zero-order valence-corrected chi connectivity index (χ0v) is 15.7. The van der Waals surface area contributed by atoms with E-state index in [0.29, 0.717) is 23.2 Å². The van der Waals surface area contributed by atoms with Gasteiger partial charge in [-0.05, 0) is 18.6 Å². The summed E-state index contributed by atoms with van der Waals surface area (Å²) in [5, 5.41) is 5.05. The molecular formula is C15H16BrCl3N2. The van der Waals surface area contributed by atoms with Crippen molar-refractivity contribution in [2.45, 2.75) is 18.8 Å². The van der Waals surface area contributed by atoms with E-state index in [1.165, 1.54) is 0 Å². The maximum absolute atomic E-state index is 6.38. The zero-order valence-electron chi connectivity index (χ0n) is 11.8. The molecule has 1 heterocycles. The fraction of sp³-hybridized carbons (Fsp3) is 0.400. The normalized spacial score (nSPS) is 11.9. The van der Waals surface area contributed by atoms with Crippen LogP contribution in [-0.2, 0) is 18.9 Å². The first kappa shape index (κ1) is 17.1. The molecule has 2 nitrogen and oxygen atoms in total. The van der Waals surface area contributed by atoms with E-state index in [1.54, 1.807) is 0 Å². The smallest absolute Gasteiger partial charge is 0.0847 e. The lowest BCUT2D eigenvalue weighted by molar-refractivity contribution is 0.509. The summed E-state index contributed by atoms with van der Waals surface area (Å²) in [6, 6.07) is 8.01. The van der Waals surface area contributed by atoms with Crippen molar-refractivity contribution in [3.05, 3.63) is 50.7 Å². The largest absolute Gasteiger partial charge is 0.271 e. The Labute approximate surface area is 148 Å². The van der Waals surface area contributed by atoms with Crippen molar-refractivity contribution in [2.24, 2.45) is 7.05 Å². The van der Waals surface area contributed by atoms with E-state index in [4.69, 9.17) is 34.8 Å². The van der Waals surface area contributed by atoms with Gasteiger partial charge >= 0.3 is 0 Å². The van der Waals surface area contributed by atoms with Crippen LogP contribution in [0.15, 0.2) is 28.7 Å². The third kappa shape index (κ3) is 3.26. The highest BCUT2D eigenvalue weighted by atomic mass is 79.9. The van der Waals surface area contributed by atoms with Crippen LogP contribution in [0.2, 0.25) is 5.02 Å².